The van der Waals surface area contributed by atoms with Gasteiger partial charge in [-0.1, -0.05) is 11.6 Å². The second-order valence-electron chi connectivity index (χ2n) is 7.15. The molecule has 8 heteroatoms. The van der Waals surface area contributed by atoms with E-state index < -0.39 is 0 Å². The van der Waals surface area contributed by atoms with Gasteiger partial charge in [0, 0.05) is 37.6 Å². The summed E-state index contributed by atoms with van der Waals surface area (Å²) in [5, 5.41) is 3.50. The fourth-order valence-electron chi connectivity index (χ4n) is 3.64. The molecule has 0 bridgehead atoms. The van der Waals surface area contributed by atoms with Gasteiger partial charge >= 0.3 is 0 Å². The van der Waals surface area contributed by atoms with Gasteiger partial charge in [-0.3, -0.25) is 9.59 Å². The van der Waals surface area contributed by atoms with Crippen LogP contribution in [0.1, 0.15) is 33.6 Å². The number of hydrogen-bond acceptors (Lipinski definition) is 4. The summed E-state index contributed by atoms with van der Waals surface area (Å²) in [5.41, 5.74) is 1.66. The van der Waals surface area contributed by atoms with E-state index in [1.165, 1.54) is 19.6 Å². The van der Waals surface area contributed by atoms with Crippen LogP contribution in [0.15, 0.2) is 59.7 Å². The molecule has 0 atom stereocenters. The number of aromatic nitrogens is 1. The van der Waals surface area contributed by atoms with Gasteiger partial charge in [0.1, 0.15) is 12.0 Å². The van der Waals surface area contributed by atoms with Gasteiger partial charge in [-0.05, 0) is 37.1 Å². The maximum absolute atomic E-state index is 12.9. The zero-order chi connectivity index (χ0) is 21.1. The van der Waals surface area contributed by atoms with E-state index in [1.54, 1.807) is 23.1 Å². The minimum Gasteiger partial charge on any atom is -0.496 e. The van der Waals surface area contributed by atoms with Crippen LogP contribution >= 0.6 is 11.6 Å². The van der Waals surface area contributed by atoms with Crippen LogP contribution in [-0.2, 0) is 0 Å². The first-order valence-corrected chi connectivity index (χ1v) is 10.1. The lowest BCUT2D eigenvalue weighted by molar-refractivity contribution is 0.0697. The molecule has 0 spiro atoms. The van der Waals surface area contributed by atoms with Crippen molar-refractivity contribution >= 4 is 23.4 Å². The van der Waals surface area contributed by atoms with Crippen molar-refractivity contribution in [1.82, 2.24) is 14.8 Å². The van der Waals surface area contributed by atoms with Crippen LogP contribution in [0.5, 0.6) is 5.75 Å². The second-order valence-corrected chi connectivity index (χ2v) is 7.55. The van der Waals surface area contributed by atoms with Crippen molar-refractivity contribution in [3.63, 3.8) is 0 Å². The number of ether oxygens (including phenoxy) is 1. The van der Waals surface area contributed by atoms with Gasteiger partial charge < -0.3 is 23.9 Å². The topological polar surface area (TPSA) is 76.7 Å². The summed E-state index contributed by atoms with van der Waals surface area (Å²) < 4.78 is 12.3. The van der Waals surface area contributed by atoms with Crippen molar-refractivity contribution in [3.05, 3.63) is 71.4 Å². The number of piperidine rings is 1. The first kappa shape index (κ1) is 20.1. The predicted octanol–water partition coefficient (Wildman–Crippen LogP) is 3.77. The Morgan fingerprint density at radius 3 is 2.57 bits per heavy atom. The molecule has 156 valence electrons. The van der Waals surface area contributed by atoms with Gasteiger partial charge in [0.05, 0.1) is 35.2 Å². The van der Waals surface area contributed by atoms with Gasteiger partial charge in [-0.25, -0.2) is 0 Å². The SMILES string of the molecule is COc1cc(-n2cccc2)c(Cl)cc1C(=O)NC1CCN(C(=O)c2ccoc2)CC1. The highest BCUT2D eigenvalue weighted by Gasteiger charge is 2.26. The third kappa shape index (κ3) is 4.07. The smallest absolute Gasteiger partial charge is 0.257 e. The van der Waals surface area contributed by atoms with Crippen LogP contribution in [-0.4, -0.2) is 47.5 Å². The molecule has 0 aliphatic carbocycles. The third-order valence-corrected chi connectivity index (χ3v) is 5.58. The summed E-state index contributed by atoms with van der Waals surface area (Å²) in [4.78, 5) is 27.1. The highest BCUT2D eigenvalue weighted by molar-refractivity contribution is 6.33. The molecular weight excluding hydrogens is 406 g/mol. The van der Waals surface area contributed by atoms with E-state index in [0.29, 0.717) is 47.8 Å². The zero-order valence-corrected chi connectivity index (χ0v) is 17.3. The largest absolute Gasteiger partial charge is 0.496 e. The molecular formula is C22H22ClN3O4. The molecule has 0 unspecified atom stereocenters. The Hall–Kier alpha value is -3.19. The number of nitrogens with one attached hydrogen (secondary N) is 1. The Kier molecular flexibility index (Phi) is 5.81. The fourth-order valence-corrected chi connectivity index (χ4v) is 3.90. The molecule has 1 N–H and O–H groups in total. The minimum atomic E-state index is -0.243. The van der Waals surface area contributed by atoms with Crippen molar-refractivity contribution in [1.29, 1.82) is 0 Å². The molecule has 0 saturated carbocycles. The number of hydrogen-bond donors (Lipinski definition) is 1. The normalized spacial score (nSPS) is 14.5. The fraction of sp³-hybridized carbons (Fsp3) is 0.273. The van der Waals surface area contributed by atoms with E-state index >= 15 is 0 Å². The van der Waals surface area contributed by atoms with E-state index in [0.717, 1.165) is 5.69 Å². The van der Waals surface area contributed by atoms with Crippen molar-refractivity contribution in [3.8, 4) is 11.4 Å². The minimum absolute atomic E-state index is 0.0292. The first-order valence-electron chi connectivity index (χ1n) is 9.70. The number of rotatable bonds is 5. The van der Waals surface area contributed by atoms with Crippen LogP contribution in [0.3, 0.4) is 0 Å². The second kappa shape index (κ2) is 8.67. The standard InChI is InChI=1S/C22H22ClN3O4/c1-29-20-13-19(25-7-2-3-8-25)18(23)12-17(20)21(27)24-16-4-9-26(10-5-16)22(28)15-6-11-30-14-15/h2-3,6-8,11-14,16H,4-5,9-10H2,1H3,(H,24,27). The summed E-state index contributed by atoms with van der Waals surface area (Å²) in [6.45, 7) is 1.14. The molecule has 1 aliphatic rings. The summed E-state index contributed by atoms with van der Waals surface area (Å²) in [6.07, 6.45) is 8.03. The molecule has 3 heterocycles. The van der Waals surface area contributed by atoms with Gasteiger partial charge in [0.2, 0.25) is 0 Å². The molecule has 30 heavy (non-hydrogen) atoms. The van der Waals surface area contributed by atoms with E-state index in [9.17, 15) is 9.59 Å². The van der Waals surface area contributed by atoms with Crippen molar-refractivity contribution < 1.29 is 18.7 Å². The van der Waals surface area contributed by atoms with Gasteiger partial charge in [0.15, 0.2) is 0 Å². The molecule has 4 rings (SSSR count). The van der Waals surface area contributed by atoms with Gasteiger partial charge in [-0.2, -0.15) is 0 Å². The summed E-state index contributed by atoms with van der Waals surface area (Å²) in [7, 11) is 1.53. The molecule has 1 fully saturated rings. The number of carbonyl (C=O) groups excluding carboxylic acids is 2. The highest BCUT2D eigenvalue weighted by atomic mass is 35.5. The number of nitrogens with zero attached hydrogens (tertiary/aromatic N) is 2. The van der Waals surface area contributed by atoms with Crippen LogP contribution in [0.4, 0.5) is 0 Å². The molecule has 2 amide bonds. The highest BCUT2D eigenvalue weighted by Crippen LogP contribution is 2.30. The first-order chi connectivity index (χ1) is 14.6. The number of carbonyl (C=O) groups is 2. The number of methoxy groups -OCH3 is 1. The lowest BCUT2D eigenvalue weighted by atomic mass is 10.0. The quantitative estimate of drug-likeness (QED) is 0.672. The van der Waals surface area contributed by atoms with Crippen LogP contribution in [0, 0.1) is 0 Å². The van der Waals surface area contributed by atoms with Crippen molar-refractivity contribution in [2.75, 3.05) is 20.2 Å². The average molecular weight is 428 g/mol. The van der Waals surface area contributed by atoms with Crippen molar-refractivity contribution in [2.45, 2.75) is 18.9 Å². The predicted molar refractivity (Wildman–Crippen MR) is 112 cm³/mol. The molecule has 1 aromatic carbocycles. The molecule has 3 aromatic rings. The number of likely N-dealkylation sites (tertiary alicyclic amines) is 1. The maximum Gasteiger partial charge on any atom is 0.257 e. The Bertz CT molecular complexity index is 1020. The summed E-state index contributed by atoms with van der Waals surface area (Å²) >= 11 is 6.43. The average Bonchev–Trinajstić information content (AvgIpc) is 3.48. The Morgan fingerprint density at radius 1 is 1.20 bits per heavy atom. The molecule has 7 nitrogen and oxygen atoms in total. The molecule has 2 aromatic heterocycles. The van der Waals surface area contributed by atoms with E-state index in [-0.39, 0.29) is 17.9 Å². The van der Waals surface area contributed by atoms with Crippen LogP contribution in [0.25, 0.3) is 5.69 Å². The summed E-state index contributed by atoms with van der Waals surface area (Å²) in [6, 6.07) is 8.80. The lowest BCUT2D eigenvalue weighted by Gasteiger charge is -2.32. The third-order valence-electron chi connectivity index (χ3n) is 5.28. The summed E-state index contributed by atoms with van der Waals surface area (Å²) in [5.74, 6) is 0.156. The maximum atomic E-state index is 12.9. The van der Waals surface area contributed by atoms with Crippen molar-refractivity contribution in [2.24, 2.45) is 0 Å². The number of benzene rings is 1. The number of halogens is 1. The van der Waals surface area contributed by atoms with E-state index in [1.807, 2.05) is 29.1 Å². The van der Waals surface area contributed by atoms with Gasteiger partial charge in [-0.15, -0.1) is 0 Å². The van der Waals surface area contributed by atoms with Gasteiger partial charge in [0.25, 0.3) is 11.8 Å². The molecule has 1 aliphatic heterocycles. The Morgan fingerprint density at radius 2 is 1.93 bits per heavy atom. The Balaban J connectivity index is 1.42. The Labute approximate surface area is 179 Å². The molecule has 0 radical (unpaired) electrons. The number of amides is 2. The van der Waals surface area contributed by atoms with E-state index in [2.05, 4.69) is 5.32 Å². The van der Waals surface area contributed by atoms with E-state index in [4.69, 9.17) is 20.8 Å². The number of furan rings is 1. The van der Waals surface area contributed by atoms with Crippen LogP contribution in [0.2, 0.25) is 5.02 Å². The monoisotopic (exact) mass is 427 g/mol. The molecule has 1 saturated heterocycles. The van der Waals surface area contributed by atoms with Crippen LogP contribution < -0.4 is 10.1 Å². The zero-order valence-electron chi connectivity index (χ0n) is 16.5. The lowest BCUT2D eigenvalue weighted by Crippen LogP contribution is -2.46.